The van der Waals surface area contributed by atoms with Gasteiger partial charge in [-0.05, 0) is 24.1 Å². The third-order valence-corrected chi connectivity index (χ3v) is 4.40. The van der Waals surface area contributed by atoms with Gasteiger partial charge in [0.25, 0.3) is 0 Å². The van der Waals surface area contributed by atoms with Crippen molar-refractivity contribution in [2.75, 3.05) is 13.1 Å². The highest BCUT2D eigenvalue weighted by atomic mass is 79.9. The van der Waals surface area contributed by atoms with Crippen molar-refractivity contribution in [3.63, 3.8) is 0 Å². The third-order valence-electron chi connectivity index (χ3n) is 3.62. The van der Waals surface area contributed by atoms with Crippen LogP contribution in [0, 0.1) is 5.92 Å². The highest BCUT2D eigenvalue weighted by molar-refractivity contribution is 9.10. The summed E-state index contributed by atoms with van der Waals surface area (Å²) in [5.74, 6) is 2.41. The van der Waals surface area contributed by atoms with Crippen LogP contribution in [0.1, 0.15) is 30.1 Å². The van der Waals surface area contributed by atoms with Gasteiger partial charge in [0.05, 0.1) is 5.92 Å². The maximum absolute atomic E-state index is 5.41. The molecule has 3 rings (SSSR count). The molecule has 0 spiro atoms. The summed E-state index contributed by atoms with van der Waals surface area (Å²) in [6.45, 7) is 4.16. The molecule has 1 aliphatic rings. The maximum atomic E-state index is 5.41. The van der Waals surface area contributed by atoms with Crippen LogP contribution in [0.15, 0.2) is 33.3 Å². The smallest absolute Gasteiger partial charge is 0.231 e. The minimum atomic E-state index is 0.348. The number of hydrogen-bond donors (Lipinski definition) is 1. The van der Waals surface area contributed by atoms with Crippen LogP contribution in [0.5, 0.6) is 0 Å². The van der Waals surface area contributed by atoms with Gasteiger partial charge < -0.3 is 9.84 Å². The van der Waals surface area contributed by atoms with E-state index in [1.54, 1.807) is 0 Å². The predicted octanol–water partition coefficient (Wildman–Crippen LogP) is 2.75. The summed E-state index contributed by atoms with van der Waals surface area (Å²) < 4.78 is 6.50. The Balaban J connectivity index is 1.77. The lowest BCUT2D eigenvalue weighted by molar-refractivity contribution is 0.337. The van der Waals surface area contributed by atoms with E-state index >= 15 is 0 Å². The van der Waals surface area contributed by atoms with E-state index in [2.05, 4.69) is 44.4 Å². The molecule has 2 heterocycles. The second kappa shape index (κ2) is 5.43. The molecule has 1 fully saturated rings. The van der Waals surface area contributed by atoms with Gasteiger partial charge in [-0.1, -0.05) is 46.2 Å². The summed E-state index contributed by atoms with van der Waals surface area (Å²) in [6.07, 6.45) is 0.694. The van der Waals surface area contributed by atoms with Gasteiger partial charge in [-0.2, -0.15) is 4.98 Å². The molecule has 2 aromatic rings. The molecule has 0 bridgehead atoms. The van der Waals surface area contributed by atoms with Crippen LogP contribution in [-0.4, -0.2) is 23.2 Å². The van der Waals surface area contributed by atoms with Crippen LogP contribution in [0.3, 0.4) is 0 Å². The van der Waals surface area contributed by atoms with Crippen molar-refractivity contribution in [3.8, 4) is 0 Å². The Morgan fingerprint density at radius 2 is 2.21 bits per heavy atom. The molecule has 100 valence electrons. The second-order valence-corrected chi connectivity index (χ2v) is 5.91. The van der Waals surface area contributed by atoms with E-state index in [4.69, 9.17) is 4.52 Å². The lowest BCUT2D eigenvalue weighted by Crippen LogP contribution is -2.08. The Hall–Kier alpha value is -1.20. The fourth-order valence-electron chi connectivity index (χ4n) is 2.44. The lowest BCUT2D eigenvalue weighted by Gasteiger charge is -2.07. The molecule has 1 aliphatic heterocycles. The van der Waals surface area contributed by atoms with Gasteiger partial charge in [0, 0.05) is 17.4 Å². The fraction of sp³-hybridized carbons (Fsp3) is 0.429. The molecule has 0 saturated carbocycles. The van der Waals surface area contributed by atoms with Gasteiger partial charge in [-0.3, -0.25) is 0 Å². The number of rotatable bonds is 3. The second-order valence-electron chi connectivity index (χ2n) is 5.06. The van der Waals surface area contributed by atoms with Crippen LogP contribution < -0.4 is 5.32 Å². The first-order valence-electron chi connectivity index (χ1n) is 6.50. The van der Waals surface area contributed by atoms with Crippen LogP contribution in [-0.2, 0) is 6.42 Å². The van der Waals surface area contributed by atoms with Crippen LogP contribution in [0.2, 0.25) is 0 Å². The standard InChI is InChI=1S/C14H16BrN3O/c1-9-7-16-8-11(9)14-17-13(18-19-14)6-10-4-2-3-5-12(10)15/h2-5,9,11,16H,6-8H2,1H3/t9-,11-/m1/s1. The Labute approximate surface area is 120 Å². The summed E-state index contributed by atoms with van der Waals surface area (Å²) in [4.78, 5) is 4.54. The Kier molecular flexibility index (Phi) is 3.66. The van der Waals surface area contributed by atoms with Gasteiger partial charge in [0.15, 0.2) is 5.82 Å². The molecule has 2 atom stereocenters. The van der Waals surface area contributed by atoms with Gasteiger partial charge in [-0.25, -0.2) is 0 Å². The molecule has 5 heteroatoms. The zero-order chi connectivity index (χ0) is 13.2. The van der Waals surface area contributed by atoms with E-state index < -0.39 is 0 Å². The van der Waals surface area contributed by atoms with Gasteiger partial charge in [-0.15, -0.1) is 0 Å². The monoisotopic (exact) mass is 321 g/mol. The summed E-state index contributed by atoms with van der Waals surface area (Å²) in [5.41, 5.74) is 1.17. The minimum absolute atomic E-state index is 0.348. The Morgan fingerprint density at radius 3 is 2.95 bits per heavy atom. The summed E-state index contributed by atoms with van der Waals surface area (Å²) in [6, 6.07) is 8.12. The highest BCUT2D eigenvalue weighted by Crippen LogP contribution is 2.27. The number of nitrogens with one attached hydrogen (secondary N) is 1. The van der Waals surface area contributed by atoms with Gasteiger partial charge >= 0.3 is 0 Å². The average molecular weight is 322 g/mol. The van der Waals surface area contributed by atoms with Crippen molar-refractivity contribution in [3.05, 3.63) is 46.0 Å². The van der Waals surface area contributed by atoms with Crippen molar-refractivity contribution < 1.29 is 4.52 Å². The number of halogens is 1. The quantitative estimate of drug-likeness (QED) is 0.944. The Bertz CT molecular complexity index is 569. The molecule has 0 unspecified atom stereocenters. The molecule has 0 aliphatic carbocycles. The van der Waals surface area contributed by atoms with Crippen LogP contribution >= 0.6 is 15.9 Å². The maximum Gasteiger partial charge on any atom is 0.231 e. The summed E-state index contributed by atoms with van der Waals surface area (Å²) in [7, 11) is 0. The lowest BCUT2D eigenvalue weighted by atomic mass is 9.98. The molecule has 0 amide bonds. The fourth-order valence-corrected chi connectivity index (χ4v) is 2.87. The topological polar surface area (TPSA) is 51.0 Å². The molecule has 0 radical (unpaired) electrons. The third kappa shape index (κ3) is 2.72. The molecular weight excluding hydrogens is 306 g/mol. The molecule has 4 nitrogen and oxygen atoms in total. The van der Waals surface area contributed by atoms with Crippen LogP contribution in [0.4, 0.5) is 0 Å². The van der Waals surface area contributed by atoms with E-state index in [0.29, 0.717) is 18.3 Å². The molecule has 1 aromatic carbocycles. The number of hydrogen-bond acceptors (Lipinski definition) is 4. The number of benzene rings is 1. The van der Waals surface area contributed by atoms with Gasteiger partial charge in [0.2, 0.25) is 5.89 Å². The zero-order valence-corrected chi connectivity index (χ0v) is 12.4. The number of nitrogens with zero attached hydrogens (tertiary/aromatic N) is 2. The van der Waals surface area contributed by atoms with Gasteiger partial charge in [0.1, 0.15) is 0 Å². The van der Waals surface area contributed by atoms with Crippen molar-refractivity contribution in [1.82, 2.24) is 15.5 Å². The molecular formula is C14H16BrN3O. The van der Waals surface area contributed by atoms with Crippen LogP contribution in [0.25, 0.3) is 0 Å². The van der Waals surface area contributed by atoms with E-state index in [1.165, 1.54) is 5.56 Å². The molecule has 1 N–H and O–H groups in total. The van der Waals surface area contributed by atoms with E-state index in [1.807, 2.05) is 18.2 Å². The first kappa shape index (κ1) is 12.8. The SMILES string of the molecule is C[C@@H]1CNC[C@H]1c1nc(Cc2ccccc2Br)no1. The molecule has 19 heavy (non-hydrogen) atoms. The largest absolute Gasteiger partial charge is 0.339 e. The van der Waals surface area contributed by atoms with Crippen molar-refractivity contribution >= 4 is 15.9 Å². The zero-order valence-electron chi connectivity index (χ0n) is 10.8. The highest BCUT2D eigenvalue weighted by Gasteiger charge is 2.29. The van der Waals surface area contributed by atoms with Crippen molar-refractivity contribution in [2.45, 2.75) is 19.3 Å². The Morgan fingerprint density at radius 1 is 1.37 bits per heavy atom. The normalized spacial score (nSPS) is 22.8. The minimum Gasteiger partial charge on any atom is -0.339 e. The van der Waals surface area contributed by atoms with E-state index in [-0.39, 0.29) is 0 Å². The molecule has 1 saturated heterocycles. The first-order chi connectivity index (χ1) is 9.24. The molecule has 1 aromatic heterocycles. The average Bonchev–Trinajstić information content (AvgIpc) is 3.01. The summed E-state index contributed by atoms with van der Waals surface area (Å²) >= 11 is 3.54. The van der Waals surface area contributed by atoms with Crippen molar-refractivity contribution in [1.29, 1.82) is 0 Å². The number of aromatic nitrogens is 2. The van der Waals surface area contributed by atoms with Crippen molar-refractivity contribution in [2.24, 2.45) is 5.92 Å². The first-order valence-corrected chi connectivity index (χ1v) is 7.30. The summed E-state index contributed by atoms with van der Waals surface area (Å²) in [5, 5.41) is 7.45. The van der Waals surface area contributed by atoms with E-state index in [0.717, 1.165) is 29.3 Å². The predicted molar refractivity (Wildman–Crippen MR) is 76.0 cm³/mol. The van der Waals surface area contributed by atoms with E-state index in [9.17, 15) is 0 Å².